The van der Waals surface area contributed by atoms with Crippen molar-refractivity contribution in [3.8, 4) is 5.75 Å². The monoisotopic (exact) mass is 303 g/mol. The maximum absolute atomic E-state index is 5.44. The van der Waals surface area contributed by atoms with Crippen molar-refractivity contribution in [1.29, 1.82) is 0 Å². The van der Waals surface area contributed by atoms with Crippen LogP contribution in [-0.4, -0.2) is 26.2 Å². The van der Waals surface area contributed by atoms with Gasteiger partial charge in [0, 0.05) is 18.7 Å². The Kier molecular flexibility index (Phi) is 6.56. The smallest absolute Gasteiger partial charge is 0.191 e. The Balaban J connectivity index is 1.87. The van der Waals surface area contributed by atoms with Crippen molar-refractivity contribution in [3.05, 3.63) is 29.3 Å². The van der Waals surface area contributed by atoms with Crippen molar-refractivity contribution in [2.45, 2.75) is 46.1 Å². The summed E-state index contributed by atoms with van der Waals surface area (Å²) >= 11 is 0. The molecular weight excluding hydrogens is 274 g/mol. The average Bonchev–Trinajstić information content (AvgIpc) is 3.34. The van der Waals surface area contributed by atoms with Gasteiger partial charge in [0.05, 0.1) is 13.7 Å². The number of aliphatic imine (C=N–C) groups is 1. The first-order valence-electron chi connectivity index (χ1n) is 8.38. The molecule has 0 spiro atoms. The molecule has 1 aromatic carbocycles. The van der Waals surface area contributed by atoms with Gasteiger partial charge in [0.1, 0.15) is 5.75 Å². The van der Waals surface area contributed by atoms with E-state index < -0.39 is 0 Å². The molecule has 0 bridgehead atoms. The molecular formula is C18H29N3O. The highest BCUT2D eigenvalue weighted by atomic mass is 16.5. The van der Waals surface area contributed by atoms with Gasteiger partial charge in [-0.15, -0.1) is 0 Å². The largest absolute Gasteiger partial charge is 0.496 e. The Morgan fingerprint density at radius 2 is 2.14 bits per heavy atom. The third-order valence-electron chi connectivity index (χ3n) is 3.97. The summed E-state index contributed by atoms with van der Waals surface area (Å²) in [5.41, 5.74) is 2.32. The molecule has 2 N–H and O–H groups in total. The third-order valence-corrected chi connectivity index (χ3v) is 3.97. The second-order valence-corrected chi connectivity index (χ2v) is 6.02. The van der Waals surface area contributed by atoms with Crippen molar-refractivity contribution < 1.29 is 4.74 Å². The maximum Gasteiger partial charge on any atom is 0.191 e. The molecule has 0 unspecified atom stereocenters. The molecule has 1 aliphatic carbocycles. The molecule has 0 amide bonds. The molecule has 0 aromatic heterocycles. The van der Waals surface area contributed by atoms with E-state index in [0.717, 1.165) is 36.3 Å². The number of hydrogen-bond acceptors (Lipinski definition) is 2. The first-order valence-corrected chi connectivity index (χ1v) is 8.38. The fourth-order valence-corrected chi connectivity index (χ4v) is 2.49. The average molecular weight is 303 g/mol. The van der Waals surface area contributed by atoms with E-state index in [1.165, 1.54) is 31.2 Å². The van der Waals surface area contributed by atoms with Gasteiger partial charge in [-0.05, 0) is 44.2 Å². The zero-order valence-corrected chi connectivity index (χ0v) is 14.1. The van der Waals surface area contributed by atoms with Crippen LogP contribution in [0.1, 0.15) is 43.7 Å². The molecule has 22 heavy (non-hydrogen) atoms. The number of guanidine groups is 1. The zero-order valence-electron chi connectivity index (χ0n) is 14.1. The number of methoxy groups -OCH3 is 1. The van der Waals surface area contributed by atoms with Crippen LogP contribution in [0.3, 0.4) is 0 Å². The van der Waals surface area contributed by atoms with Gasteiger partial charge in [-0.3, -0.25) is 0 Å². The van der Waals surface area contributed by atoms with Gasteiger partial charge in [-0.25, -0.2) is 4.99 Å². The summed E-state index contributed by atoms with van der Waals surface area (Å²) in [7, 11) is 1.71. The summed E-state index contributed by atoms with van der Waals surface area (Å²) in [5, 5.41) is 6.72. The highest BCUT2D eigenvalue weighted by Crippen LogP contribution is 2.33. The van der Waals surface area contributed by atoms with Crippen molar-refractivity contribution >= 4 is 5.96 Å². The number of benzene rings is 1. The topological polar surface area (TPSA) is 45.7 Å². The van der Waals surface area contributed by atoms with E-state index in [1.807, 2.05) is 0 Å². The second kappa shape index (κ2) is 8.66. The van der Waals surface area contributed by atoms with Crippen LogP contribution in [0, 0.1) is 12.8 Å². The van der Waals surface area contributed by atoms with Crippen molar-refractivity contribution in [1.82, 2.24) is 10.6 Å². The van der Waals surface area contributed by atoms with Crippen LogP contribution in [0.5, 0.6) is 5.75 Å². The molecule has 4 nitrogen and oxygen atoms in total. The van der Waals surface area contributed by atoms with E-state index in [1.54, 1.807) is 7.11 Å². The van der Waals surface area contributed by atoms with Gasteiger partial charge < -0.3 is 15.4 Å². The van der Waals surface area contributed by atoms with E-state index in [-0.39, 0.29) is 0 Å². The van der Waals surface area contributed by atoms with Gasteiger partial charge in [-0.1, -0.05) is 25.0 Å². The molecule has 1 aromatic rings. The molecule has 1 aliphatic rings. The number of ether oxygens (including phenoxy) is 1. The standard InChI is InChI=1S/C18H29N3O/c1-4-19-18(20-11-5-6-15-8-9-15)21-13-16-10-7-14(2)12-17(16)22-3/h7,10,12,15H,4-6,8-9,11,13H2,1-3H3,(H2,19,20,21). The van der Waals surface area contributed by atoms with Crippen LogP contribution in [0.15, 0.2) is 23.2 Å². The van der Waals surface area contributed by atoms with Crippen molar-refractivity contribution in [2.75, 3.05) is 20.2 Å². The lowest BCUT2D eigenvalue weighted by Gasteiger charge is -2.12. The minimum Gasteiger partial charge on any atom is -0.496 e. The second-order valence-electron chi connectivity index (χ2n) is 6.02. The number of hydrogen-bond donors (Lipinski definition) is 2. The summed E-state index contributed by atoms with van der Waals surface area (Å²) in [6.07, 6.45) is 5.43. The Morgan fingerprint density at radius 1 is 1.32 bits per heavy atom. The quantitative estimate of drug-likeness (QED) is 0.440. The minimum atomic E-state index is 0.626. The lowest BCUT2D eigenvalue weighted by Crippen LogP contribution is -2.37. The lowest BCUT2D eigenvalue weighted by molar-refractivity contribution is 0.409. The maximum atomic E-state index is 5.44. The Bertz CT molecular complexity index is 495. The molecule has 0 heterocycles. The normalized spacial score (nSPS) is 14.8. The predicted octanol–water partition coefficient (Wildman–Crippen LogP) is 3.25. The van der Waals surface area contributed by atoms with Gasteiger partial charge in [0.15, 0.2) is 5.96 Å². The molecule has 0 saturated heterocycles. The third kappa shape index (κ3) is 5.58. The van der Waals surface area contributed by atoms with Gasteiger partial charge >= 0.3 is 0 Å². The number of aryl methyl sites for hydroxylation is 1. The Hall–Kier alpha value is -1.71. The number of nitrogens with one attached hydrogen (secondary N) is 2. The van der Waals surface area contributed by atoms with Crippen molar-refractivity contribution in [3.63, 3.8) is 0 Å². The SMILES string of the molecule is CCNC(=NCc1ccc(C)cc1OC)NCCCC1CC1. The van der Waals surface area contributed by atoms with Crippen LogP contribution in [0.2, 0.25) is 0 Å². The van der Waals surface area contributed by atoms with Crippen LogP contribution < -0.4 is 15.4 Å². The van der Waals surface area contributed by atoms with Crippen LogP contribution in [0.4, 0.5) is 0 Å². The van der Waals surface area contributed by atoms with E-state index >= 15 is 0 Å². The van der Waals surface area contributed by atoms with Crippen LogP contribution in [-0.2, 0) is 6.54 Å². The van der Waals surface area contributed by atoms with Gasteiger partial charge in [0.2, 0.25) is 0 Å². The number of nitrogens with zero attached hydrogens (tertiary/aromatic N) is 1. The van der Waals surface area contributed by atoms with E-state index in [2.05, 4.69) is 47.7 Å². The molecule has 0 aliphatic heterocycles. The minimum absolute atomic E-state index is 0.626. The number of rotatable bonds is 8. The van der Waals surface area contributed by atoms with E-state index in [0.29, 0.717) is 6.54 Å². The lowest BCUT2D eigenvalue weighted by atomic mass is 10.1. The first kappa shape index (κ1) is 16.7. The van der Waals surface area contributed by atoms with Crippen LogP contribution in [0.25, 0.3) is 0 Å². The fraction of sp³-hybridized carbons (Fsp3) is 0.611. The van der Waals surface area contributed by atoms with Crippen LogP contribution >= 0.6 is 0 Å². The predicted molar refractivity (Wildman–Crippen MR) is 92.5 cm³/mol. The summed E-state index contributed by atoms with van der Waals surface area (Å²) in [4.78, 5) is 4.67. The molecule has 2 rings (SSSR count). The van der Waals surface area contributed by atoms with Gasteiger partial charge in [0.25, 0.3) is 0 Å². The Labute approximate surface area is 134 Å². The summed E-state index contributed by atoms with van der Waals surface area (Å²) in [6, 6.07) is 6.25. The molecule has 1 fully saturated rings. The van der Waals surface area contributed by atoms with Crippen molar-refractivity contribution in [2.24, 2.45) is 10.9 Å². The zero-order chi connectivity index (χ0) is 15.8. The van der Waals surface area contributed by atoms with E-state index in [9.17, 15) is 0 Å². The summed E-state index contributed by atoms with van der Waals surface area (Å²) in [5.74, 6) is 2.80. The molecule has 1 saturated carbocycles. The first-order chi connectivity index (χ1) is 10.7. The summed E-state index contributed by atoms with van der Waals surface area (Å²) in [6.45, 7) is 6.66. The highest BCUT2D eigenvalue weighted by Gasteiger charge is 2.19. The van der Waals surface area contributed by atoms with E-state index in [4.69, 9.17) is 4.74 Å². The van der Waals surface area contributed by atoms with Gasteiger partial charge in [-0.2, -0.15) is 0 Å². The fourth-order valence-electron chi connectivity index (χ4n) is 2.49. The Morgan fingerprint density at radius 3 is 2.82 bits per heavy atom. The molecule has 4 heteroatoms. The highest BCUT2D eigenvalue weighted by molar-refractivity contribution is 5.79. The molecule has 122 valence electrons. The molecule has 0 atom stereocenters. The summed E-state index contributed by atoms with van der Waals surface area (Å²) < 4.78 is 5.44. The molecule has 0 radical (unpaired) electrons.